The van der Waals surface area contributed by atoms with Gasteiger partial charge in [0.15, 0.2) is 0 Å². The van der Waals surface area contributed by atoms with Crippen LogP contribution in [0.2, 0.25) is 0 Å². The molecule has 1 unspecified atom stereocenters. The van der Waals surface area contributed by atoms with Gasteiger partial charge in [0.05, 0.1) is 6.20 Å². The van der Waals surface area contributed by atoms with Crippen LogP contribution < -0.4 is 10.6 Å². The molecule has 1 saturated heterocycles. The molecule has 1 atom stereocenters. The first-order valence-corrected chi connectivity index (χ1v) is 5.32. The highest BCUT2D eigenvalue weighted by molar-refractivity contribution is 5.69. The molecule has 3 rings (SSSR count). The van der Waals surface area contributed by atoms with E-state index in [1.807, 2.05) is 7.05 Å². The maximum Gasteiger partial charge on any atom is 0.225 e. The summed E-state index contributed by atoms with van der Waals surface area (Å²) in [7, 11) is 1.83. The van der Waals surface area contributed by atoms with Crippen LogP contribution in [0.3, 0.4) is 0 Å². The second-order valence-corrected chi connectivity index (χ2v) is 3.95. The molecule has 0 saturated carbocycles. The third-order valence-electron chi connectivity index (χ3n) is 2.77. The monoisotopic (exact) mass is 219 g/mol. The van der Waals surface area contributed by atoms with Crippen LogP contribution in [-0.2, 0) is 7.05 Å². The van der Waals surface area contributed by atoms with Crippen molar-refractivity contribution >= 4 is 17.1 Å². The van der Waals surface area contributed by atoms with Crippen molar-refractivity contribution in [2.45, 2.75) is 12.5 Å². The number of nitrogens with one attached hydrogen (secondary N) is 2. The van der Waals surface area contributed by atoms with Crippen molar-refractivity contribution in [3.05, 3.63) is 6.20 Å². The van der Waals surface area contributed by atoms with Crippen molar-refractivity contribution in [3.8, 4) is 0 Å². The molecule has 0 aromatic carbocycles. The summed E-state index contributed by atoms with van der Waals surface area (Å²) in [6, 6.07) is 0.411. The van der Waals surface area contributed by atoms with Crippen LogP contribution in [0.5, 0.6) is 0 Å². The molecule has 16 heavy (non-hydrogen) atoms. The third kappa shape index (κ3) is 1.58. The van der Waals surface area contributed by atoms with Gasteiger partial charge in [-0.3, -0.25) is 0 Å². The molecular formula is C9H13N7. The maximum absolute atomic E-state index is 4.32. The summed E-state index contributed by atoms with van der Waals surface area (Å²) in [6.45, 7) is 2.01. The molecule has 0 aliphatic carbocycles. The first-order chi connectivity index (χ1) is 7.83. The van der Waals surface area contributed by atoms with Gasteiger partial charge < -0.3 is 10.6 Å². The summed E-state index contributed by atoms with van der Waals surface area (Å²) in [5, 5.41) is 14.4. The lowest BCUT2D eigenvalue weighted by Gasteiger charge is -2.09. The summed E-state index contributed by atoms with van der Waals surface area (Å²) >= 11 is 0. The Balaban J connectivity index is 1.87. The van der Waals surface area contributed by atoms with Crippen molar-refractivity contribution in [1.29, 1.82) is 0 Å². The number of anilines is 1. The fourth-order valence-electron chi connectivity index (χ4n) is 1.86. The Morgan fingerprint density at radius 2 is 2.50 bits per heavy atom. The molecule has 1 aliphatic heterocycles. The lowest BCUT2D eigenvalue weighted by Crippen LogP contribution is -2.23. The van der Waals surface area contributed by atoms with Gasteiger partial charge in [0, 0.05) is 19.6 Å². The summed E-state index contributed by atoms with van der Waals surface area (Å²) < 4.78 is 1.66. The average Bonchev–Trinajstić information content (AvgIpc) is 2.90. The highest BCUT2D eigenvalue weighted by Gasteiger charge is 2.15. The second kappa shape index (κ2) is 3.67. The van der Waals surface area contributed by atoms with E-state index in [0.29, 0.717) is 17.6 Å². The molecule has 2 N–H and O–H groups in total. The van der Waals surface area contributed by atoms with Gasteiger partial charge in [-0.1, -0.05) is 5.21 Å². The van der Waals surface area contributed by atoms with E-state index < -0.39 is 0 Å². The van der Waals surface area contributed by atoms with E-state index in [-0.39, 0.29) is 0 Å². The predicted octanol–water partition coefficient (Wildman–Crippen LogP) is -0.468. The molecule has 3 heterocycles. The molecule has 0 amide bonds. The number of aromatic nitrogens is 5. The number of rotatable bonds is 2. The zero-order valence-electron chi connectivity index (χ0n) is 9.01. The molecule has 84 valence electrons. The van der Waals surface area contributed by atoms with Gasteiger partial charge in [0.1, 0.15) is 5.52 Å². The topological polar surface area (TPSA) is 80.5 Å². The maximum atomic E-state index is 4.32. The van der Waals surface area contributed by atoms with Crippen LogP contribution in [0.4, 0.5) is 5.95 Å². The highest BCUT2D eigenvalue weighted by atomic mass is 15.4. The first kappa shape index (κ1) is 9.46. The molecule has 2 aromatic heterocycles. The second-order valence-electron chi connectivity index (χ2n) is 3.95. The Kier molecular flexibility index (Phi) is 2.17. The van der Waals surface area contributed by atoms with Crippen molar-refractivity contribution < 1.29 is 0 Å². The molecule has 2 aromatic rings. The molecule has 1 aliphatic rings. The lowest BCUT2D eigenvalue weighted by molar-refractivity contribution is 0.735. The van der Waals surface area contributed by atoms with Crippen LogP contribution in [0.25, 0.3) is 11.2 Å². The van der Waals surface area contributed by atoms with E-state index in [2.05, 4.69) is 30.9 Å². The van der Waals surface area contributed by atoms with Gasteiger partial charge in [0.25, 0.3) is 0 Å². The molecule has 7 nitrogen and oxygen atoms in total. The SMILES string of the molecule is Cn1nnc2nc(NC3CCNC3)ncc21. The van der Waals surface area contributed by atoms with Gasteiger partial charge >= 0.3 is 0 Å². The fourth-order valence-corrected chi connectivity index (χ4v) is 1.86. The quantitative estimate of drug-likeness (QED) is 0.711. The van der Waals surface area contributed by atoms with Crippen LogP contribution in [0, 0.1) is 0 Å². The molecule has 7 heteroatoms. The van der Waals surface area contributed by atoms with Gasteiger partial charge in [-0.25, -0.2) is 9.67 Å². The van der Waals surface area contributed by atoms with E-state index in [9.17, 15) is 0 Å². The third-order valence-corrected chi connectivity index (χ3v) is 2.77. The smallest absolute Gasteiger partial charge is 0.225 e. The van der Waals surface area contributed by atoms with Crippen LogP contribution in [0.1, 0.15) is 6.42 Å². The number of fused-ring (bicyclic) bond motifs is 1. The highest BCUT2D eigenvalue weighted by Crippen LogP contribution is 2.10. The largest absolute Gasteiger partial charge is 0.350 e. The Morgan fingerprint density at radius 1 is 1.56 bits per heavy atom. The number of hydrogen-bond acceptors (Lipinski definition) is 6. The van der Waals surface area contributed by atoms with Crippen LogP contribution in [0.15, 0.2) is 6.20 Å². The molecule has 1 fully saturated rings. The van der Waals surface area contributed by atoms with Gasteiger partial charge in [-0.2, -0.15) is 4.98 Å². The minimum Gasteiger partial charge on any atom is -0.350 e. The molecule has 0 radical (unpaired) electrons. The Morgan fingerprint density at radius 3 is 3.31 bits per heavy atom. The summed E-state index contributed by atoms with van der Waals surface area (Å²) in [5.74, 6) is 0.627. The number of nitrogens with zero attached hydrogens (tertiary/aromatic N) is 5. The van der Waals surface area contributed by atoms with Gasteiger partial charge in [0.2, 0.25) is 11.6 Å². The minimum atomic E-state index is 0.411. The minimum absolute atomic E-state index is 0.411. The zero-order chi connectivity index (χ0) is 11.0. The summed E-state index contributed by atoms with van der Waals surface area (Å²) in [5.41, 5.74) is 1.47. The number of aryl methyl sites for hydroxylation is 1. The van der Waals surface area contributed by atoms with Crippen molar-refractivity contribution in [2.24, 2.45) is 7.05 Å². The first-order valence-electron chi connectivity index (χ1n) is 5.32. The fraction of sp³-hybridized carbons (Fsp3) is 0.556. The average molecular weight is 219 g/mol. The van der Waals surface area contributed by atoms with E-state index in [0.717, 1.165) is 25.0 Å². The van der Waals surface area contributed by atoms with Crippen LogP contribution >= 0.6 is 0 Å². The van der Waals surface area contributed by atoms with E-state index in [1.54, 1.807) is 10.9 Å². The van der Waals surface area contributed by atoms with E-state index >= 15 is 0 Å². The molecule has 0 spiro atoms. The van der Waals surface area contributed by atoms with Gasteiger partial charge in [-0.15, -0.1) is 5.10 Å². The Hall–Kier alpha value is -1.76. The van der Waals surface area contributed by atoms with Crippen molar-refractivity contribution in [1.82, 2.24) is 30.3 Å². The van der Waals surface area contributed by atoms with E-state index in [4.69, 9.17) is 0 Å². The lowest BCUT2D eigenvalue weighted by atomic mass is 10.3. The van der Waals surface area contributed by atoms with Gasteiger partial charge in [-0.05, 0) is 13.0 Å². The summed E-state index contributed by atoms with van der Waals surface area (Å²) in [6.07, 6.45) is 2.84. The van der Waals surface area contributed by atoms with Crippen molar-refractivity contribution in [2.75, 3.05) is 18.4 Å². The Labute approximate surface area is 92.3 Å². The summed E-state index contributed by atoms with van der Waals surface area (Å²) in [4.78, 5) is 8.57. The van der Waals surface area contributed by atoms with Crippen molar-refractivity contribution in [3.63, 3.8) is 0 Å². The normalized spacial score (nSPS) is 20.4. The zero-order valence-corrected chi connectivity index (χ0v) is 9.01. The predicted molar refractivity (Wildman–Crippen MR) is 59.0 cm³/mol. The van der Waals surface area contributed by atoms with Crippen LogP contribution in [-0.4, -0.2) is 44.1 Å². The number of hydrogen-bond donors (Lipinski definition) is 2. The Bertz CT molecular complexity index is 500. The molecule has 0 bridgehead atoms. The molecular weight excluding hydrogens is 206 g/mol. The van der Waals surface area contributed by atoms with E-state index in [1.165, 1.54) is 0 Å². The standard InChI is InChI=1S/C9H13N7/c1-16-7-5-11-9(13-8(7)14-15-16)12-6-2-3-10-4-6/h5-6,10H,2-4H2,1H3,(H,11,12,13).